The maximum absolute atomic E-state index is 12.7. The fourth-order valence-corrected chi connectivity index (χ4v) is 14.7. The number of hydrogen-bond donors (Lipinski definition) is 14. The van der Waals surface area contributed by atoms with Gasteiger partial charge in [0.05, 0.1) is 70.2 Å². The zero-order chi connectivity index (χ0) is 97.0. The number of phenolic OH excluding ortho intramolecular Hbond substituents is 5. The van der Waals surface area contributed by atoms with Crippen molar-refractivity contribution in [1.82, 2.24) is 0 Å². The van der Waals surface area contributed by atoms with E-state index >= 15 is 0 Å². The molecule has 0 atom stereocenters. The van der Waals surface area contributed by atoms with Gasteiger partial charge in [-0.3, -0.25) is 47.7 Å². The molecule has 5 amide bonds. The Morgan fingerprint density at radius 2 is 0.711 bits per heavy atom. The molecule has 0 aliphatic carbocycles. The summed E-state index contributed by atoms with van der Waals surface area (Å²) in [5, 5.41) is 47.1. The van der Waals surface area contributed by atoms with Gasteiger partial charge in [0.1, 0.15) is 34.5 Å². The number of aldehydes is 1. The van der Waals surface area contributed by atoms with Crippen molar-refractivity contribution in [2.45, 2.75) is 122 Å². The van der Waals surface area contributed by atoms with Gasteiger partial charge in [-0.25, -0.2) is 33.7 Å². The van der Waals surface area contributed by atoms with Crippen LogP contribution in [0.4, 0.5) is 35.9 Å². The number of carbonyl (C=O) groups is 6. The van der Waals surface area contributed by atoms with Gasteiger partial charge in [-0.2, -0.15) is 21.6 Å². The molecule has 19 N–H and O–H groups in total. The molecule has 10 rings (SSSR count). The standard InChI is InChI=1S/C18H20F3N3O8S3.C17H21N3O6S2.C15H22BNO4.C15H20BNO4.C9H8BrNO2.C7H5BrO2/c1-33(26,27)23-13-7-12(8-14(10-13)24-34(2,28)29)16-5-4-15(9-11(16)3-6-17(22)25)32-35(30,31)18(19,20)21;1-27(23,24)19-13-7-12(8-14(10-13)20-28(2,25)26)16-5-4-15(21)9-11(16)3-6-17(18)22;2*1-14(2)15(3,4)21-16(20-14)12-7-6-11(18)9-10(12)5-8-13(17)19;10-8-3-2-7(12)5-6(8)1-4-9(11)13;8-7-2-1-6(10)3-5(7)4-9/h4-5,7-10,23-24H,3,6H2,1-2H3,(H2,22,25);4-5,7-10,19-21H,3,6H2,1-2H3,(H2,18,22);6-7,9,18H,5,8H2,1-4H3,(H2,17,19);5-9,18H,1-4H3,(H2,17,19);1-5,12H,(H2,11,13);1-4,10H/b;;;8-5+;4-1+;. The lowest BCUT2D eigenvalue weighted by atomic mass is 9.75. The second-order valence-electron chi connectivity index (χ2n) is 30.5. The molecule has 0 bridgehead atoms. The number of phenols is 5. The Balaban J connectivity index is 0.000000283. The van der Waals surface area contributed by atoms with Crippen molar-refractivity contribution in [2.24, 2.45) is 28.7 Å². The SMILES string of the molecule is CC1(C)OB(c2ccc(O)cc2/C=C/C(N)=O)OC1(C)C.CC1(C)OB(c2ccc(O)cc2CCC(N)=O)OC1(C)C.CS(=O)(=O)Nc1cc(NS(C)(=O)=O)cc(-c2ccc(O)cc2CCC(N)=O)c1.CS(=O)(=O)Nc1cc(NS(C)(=O)=O)cc(-c2ccc(OS(=O)(=O)C(F)(F)F)cc2CCC(N)=O)c1.NC(=O)/C=C/c1cc(O)ccc1Br.O=Cc1cc(O)ccc1Br. The van der Waals surface area contributed by atoms with Gasteiger partial charge in [0, 0.05) is 45.9 Å². The van der Waals surface area contributed by atoms with Crippen molar-refractivity contribution in [3.63, 3.8) is 0 Å². The minimum absolute atomic E-state index is 0.0110. The van der Waals surface area contributed by atoms with Crippen molar-refractivity contribution in [1.29, 1.82) is 0 Å². The van der Waals surface area contributed by atoms with Crippen molar-refractivity contribution in [3.8, 4) is 56.8 Å². The first-order valence-electron chi connectivity index (χ1n) is 37.4. The molecule has 2 aliphatic heterocycles. The minimum atomic E-state index is -5.98. The van der Waals surface area contributed by atoms with Gasteiger partial charge < -0.3 is 77.0 Å². The normalized spacial score (nSPS) is 14.4. The van der Waals surface area contributed by atoms with Crippen molar-refractivity contribution in [3.05, 3.63) is 200 Å². The zero-order valence-electron chi connectivity index (χ0n) is 70.8. The highest BCUT2D eigenvalue weighted by Gasteiger charge is 2.54. The Morgan fingerprint density at radius 1 is 0.414 bits per heavy atom. The number of anilines is 4. The number of nitrogens with one attached hydrogen (secondary N) is 4. The minimum Gasteiger partial charge on any atom is -0.508 e. The van der Waals surface area contributed by atoms with Gasteiger partial charge in [-0.1, -0.05) is 56.1 Å². The van der Waals surface area contributed by atoms with Crippen LogP contribution in [0.15, 0.2) is 167 Å². The van der Waals surface area contributed by atoms with Crippen LogP contribution in [-0.2, 0) is 112 Å². The smallest absolute Gasteiger partial charge is 0.508 e. The molecule has 2 heterocycles. The third-order valence-corrected chi connectivity index (χ3v) is 23.3. The second-order valence-corrected chi connectivity index (χ2v) is 40.8. The Bertz CT molecular complexity index is 6000. The second kappa shape index (κ2) is 44.2. The number of aryl methyl sites for hydroxylation is 3. The molecule has 0 radical (unpaired) electrons. The number of benzene rings is 8. The summed E-state index contributed by atoms with van der Waals surface area (Å²) in [6, 6.07) is 34.8. The van der Waals surface area contributed by atoms with Crippen LogP contribution in [0.25, 0.3) is 34.4 Å². The van der Waals surface area contributed by atoms with Crippen LogP contribution in [-0.4, -0.2) is 171 Å². The van der Waals surface area contributed by atoms with Crippen molar-refractivity contribution in [2.75, 3.05) is 43.9 Å². The van der Waals surface area contributed by atoms with E-state index in [2.05, 4.69) is 54.9 Å². The third kappa shape index (κ3) is 35.1. The van der Waals surface area contributed by atoms with E-state index in [1.54, 1.807) is 66.7 Å². The van der Waals surface area contributed by atoms with Crippen LogP contribution in [0.3, 0.4) is 0 Å². The van der Waals surface area contributed by atoms with E-state index in [4.69, 9.17) is 57.5 Å². The molecule has 0 saturated carbocycles. The molecule has 0 aromatic heterocycles. The third-order valence-electron chi connectivity index (χ3n) is 18.4. The molecule has 47 heteroatoms. The summed E-state index contributed by atoms with van der Waals surface area (Å²) in [5.74, 6) is -2.95. The molecule has 2 aliphatic rings. The van der Waals surface area contributed by atoms with Crippen LogP contribution >= 0.6 is 31.9 Å². The highest BCUT2D eigenvalue weighted by Crippen LogP contribution is 2.41. The first-order chi connectivity index (χ1) is 58.6. The summed E-state index contributed by atoms with van der Waals surface area (Å²) >= 11 is 6.41. The van der Waals surface area contributed by atoms with E-state index in [1.165, 1.54) is 91.0 Å². The molecule has 35 nitrogen and oxygen atoms in total. The fraction of sp³-hybridized carbons (Fsp3) is 0.284. The van der Waals surface area contributed by atoms with E-state index in [0.29, 0.717) is 50.6 Å². The summed E-state index contributed by atoms with van der Waals surface area (Å²) in [7, 11) is -21.8. The molecular weight excluding hydrogens is 1910 g/mol. The molecular formula is C81H96B2Br2F3N9O26S5. The predicted octanol–water partition coefficient (Wildman–Crippen LogP) is 8.88. The maximum Gasteiger partial charge on any atom is 0.534 e. The Kier molecular flexibility index (Phi) is 37.0. The molecule has 692 valence electrons. The molecule has 0 unspecified atom stereocenters. The van der Waals surface area contributed by atoms with Gasteiger partial charge in [0.15, 0.2) is 6.29 Å². The quantitative estimate of drug-likeness (QED) is 0.00715. The van der Waals surface area contributed by atoms with Crippen LogP contribution in [0.2, 0.25) is 0 Å². The predicted molar refractivity (Wildman–Crippen MR) is 489 cm³/mol. The topological polar surface area (TPSA) is 599 Å². The van der Waals surface area contributed by atoms with Crippen LogP contribution in [0.5, 0.6) is 34.5 Å². The molecule has 8 aromatic rings. The lowest BCUT2D eigenvalue weighted by molar-refractivity contribution is -0.118. The first-order valence-corrected chi connectivity index (χ1v) is 48.0. The van der Waals surface area contributed by atoms with E-state index in [-0.39, 0.29) is 106 Å². The van der Waals surface area contributed by atoms with Crippen LogP contribution < -0.4 is 62.7 Å². The number of aromatic hydroxyl groups is 5. The summed E-state index contributed by atoms with van der Waals surface area (Å²) in [6.45, 7) is 15.8. The fourth-order valence-electron chi connectivity index (χ4n) is 11.3. The highest BCUT2D eigenvalue weighted by atomic mass is 79.9. The van der Waals surface area contributed by atoms with Gasteiger partial charge in [-0.15, -0.1) is 0 Å². The van der Waals surface area contributed by atoms with Gasteiger partial charge in [0.2, 0.25) is 69.6 Å². The number of hydrogen-bond acceptors (Lipinski definition) is 26. The zero-order valence-corrected chi connectivity index (χ0v) is 78.0. The average Bonchev–Trinajstić information content (AvgIpc) is 1.61. The molecule has 8 aromatic carbocycles. The maximum atomic E-state index is 12.7. The lowest BCUT2D eigenvalue weighted by Crippen LogP contribution is -2.41. The van der Waals surface area contributed by atoms with Crippen LogP contribution in [0, 0.1) is 0 Å². The number of halogens is 5. The number of primary amides is 5. The number of sulfonamides is 4. The molecule has 2 fully saturated rings. The Morgan fingerprint density at radius 3 is 1.06 bits per heavy atom. The number of amides is 5. The number of carbonyl (C=O) groups excluding carboxylic acids is 6. The van der Waals surface area contributed by atoms with E-state index < -0.39 is 122 Å². The molecule has 128 heavy (non-hydrogen) atoms. The van der Waals surface area contributed by atoms with Crippen molar-refractivity contribution >= 4 is 178 Å². The number of rotatable bonds is 28. The van der Waals surface area contributed by atoms with Gasteiger partial charge in [-0.05, 0) is 269 Å². The molecule has 2 saturated heterocycles. The summed E-state index contributed by atoms with van der Waals surface area (Å²) in [5.41, 5.74) is 24.7. The largest absolute Gasteiger partial charge is 0.534 e. The van der Waals surface area contributed by atoms with E-state index in [1.807, 2.05) is 55.4 Å². The van der Waals surface area contributed by atoms with Gasteiger partial charge in [0.25, 0.3) is 0 Å². The average molecular weight is 2010 g/mol. The highest BCUT2D eigenvalue weighted by molar-refractivity contribution is 9.10. The van der Waals surface area contributed by atoms with E-state index in [0.717, 1.165) is 58.1 Å². The van der Waals surface area contributed by atoms with E-state index in [9.17, 15) is 99.3 Å². The Labute approximate surface area is 756 Å². The Hall–Kier alpha value is -11.3. The summed E-state index contributed by atoms with van der Waals surface area (Å²) in [6.07, 6.45) is 10.4. The lowest BCUT2D eigenvalue weighted by Gasteiger charge is -2.32. The first kappa shape index (κ1) is 107. The number of alkyl halides is 3. The molecule has 0 spiro atoms. The monoisotopic (exact) mass is 2010 g/mol. The summed E-state index contributed by atoms with van der Waals surface area (Å²) < 4.78 is 193. The van der Waals surface area contributed by atoms with Crippen LogP contribution in [0.1, 0.15) is 113 Å². The van der Waals surface area contributed by atoms with Crippen molar-refractivity contribution < 1.29 is 132 Å². The number of nitrogens with two attached hydrogens (primary N) is 5. The van der Waals surface area contributed by atoms with Gasteiger partial charge >= 0.3 is 29.9 Å². The summed E-state index contributed by atoms with van der Waals surface area (Å²) in [4.78, 5) is 65.0.